The number of nitrogens with zero attached hydrogens (tertiary/aromatic N) is 1. The maximum absolute atomic E-state index is 12.8. The highest BCUT2D eigenvalue weighted by Crippen LogP contribution is 2.42. The molecule has 0 fully saturated rings. The van der Waals surface area contributed by atoms with E-state index in [1.807, 2.05) is 12.1 Å². The number of rotatable bonds is 3. The zero-order chi connectivity index (χ0) is 13.3. The highest BCUT2D eigenvalue weighted by Gasteiger charge is 2.43. The van der Waals surface area contributed by atoms with Crippen LogP contribution in [-0.4, -0.2) is 11.3 Å². The molecule has 2 heterocycles. The van der Waals surface area contributed by atoms with Crippen LogP contribution in [0, 0.1) is 0 Å². The van der Waals surface area contributed by atoms with Gasteiger partial charge in [-0.15, -0.1) is 8.78 Å². The third-order valence-corrected chi connectivity index (χ3v) is 2.65. The van der Waals surface area contributed by atoms with Gasteiger partial charge in [-0.25, -0.2) is 0 Å². The number of alkyl halides is 2. The topological polar surface area (TPSA) is 43.4 Å². The molecule has 0 saturated heterocycles. The van der Waals surface area contributed by atoms with Crippen LogP contribution in [0.3, 0.4) is 0 Å². The molecular weight excluding hydrogens is 254 g/mol. The number of halogens is 2. The van der Waals surface area contributed by atoms with Crippen molar-refractivity contribution >= 4 is 5.69 Å². The van der Waals surface area contributed by atoms with Gasteiger partial charge in [-0.2, -0.15) is 0 Å². The fraction of sp³-hybridized carbons (Fsp3) is 0.154. The van der Waals surface area contributed by atoms with Gasteiger partial charge < -0.3 is 14.8 Å². The minimum absolute atomic E-state index is 0.0322. The van der Waals surface area contributed by atoms with E-state index in [0.717, 1.165) is 5.56 Å². The minimum Gasteiger partial charge on any atom is -0.395 e. The molecule has 0 spiro atoms. The number of pyridine rings is 1. The maximum atomic E-state index is 12.8. The fourth-order valence-electron chi connectivity index (χ4n) is 1.76. The summed E-state index contributed by atoms with van der Waals surface area (Å²) in [5, 5.41) is 3.11. The van der Waals surface area contributed by atoms with Crippen LogP contribution in [0.25, 0.3) is 0 Å². The summed E-state index contributed by atoms with van der Waals surface area (Å²) in [5.41, 5.74) is 1.72. The summed E-state index contributed by atoms with van der Waals surface area (Å²) in [7, 11) is 0. The number of ether oxygens (including phenoxy) is 2. The number of benzene rings is 1. The fourth-order valence-corrected chi connectivity index (χ4v) is 1.76. The molecule has 1 aliphatic rings. The van der Waals surface area contributed by atoms with Crippen LogP contribution < -0.4 is 14.8 Å². The van der Waals surface area contributed by atoms with Gasteiger partial charge in [-0.3, -0.25) is 4.98 Å². The number of nitrogens with one attached hydrogen (secondary N) is 1. The Kier molecular flexibility index (Phi) is 2.70. The van der Waals surface area contributed by atoms with Crippen molar-refractivity contribution in [2.45, 2.75) is 12.8 Å². The maximum Gasteiger partial charge on any atom is 0.586 e. The van der Waals surface area contributed by atoms with Crippen molar-refractivity contribution < 1.29 is 18.3 Å². The summed E-state index contributed by atoms with van der Waals surface area (Å²) in [6.45, 7) is 0.568. The van der Waals surface area contributed by atoms with Gasteiger partial charge in [-0.1, -0.05) is 0 Å². The molecule has 1 aromatic heterocycles. The monoisotopic (exact) mass is 264 g/mol. The molecule has 0 unspecified atom stereocenters. The minimum atomic E-state index is -3.58. The van der Waals surface area contributed by atoms with Crippen LogP contribution in [0.4, 0.5) is 14.5 Å². The standard InChI is InChI=1S/C13H10F2N2O2/c14-13(15)18-11-2-1-10(7-12(11)19-13)17-8-9-3-5-16-6-4-9/h1-7,17H,8H2. The lowest BCUT2D eigenvalue weighted by Crippen LogP contribution is -2.25. The van der Waals surface area contributed by atoms with Gasteiger partial charge in [-0.05, 0) is 29.8 Å². The van der Waals surface area contributed by atoms with Crippen LogP contribution in [-0.2, 0) is 6.54 Å². The first-order valence-electron chi connectivity index (χ1n) is 5.65. The average Bonchev–Trinajstić information content (AvgIpc) is 2.70. The van der Waals surface area contributed by atoms with Gasteiger partial charge in [0.05, 0.1) is 0 Å². The van der Waals surface area contributed by atoms with Crippen molar-refractivity contribution in [1.82, 2.24) is 4.98 Å². The summed E-state index contributed by atoms with van der Waals surface area (Å²) in [6.07, 6.45) is -0.194. The quantitative estimate of drug-likeness (QED) is 0.925. The van der Waals surface area contributed by atoms with Crippen LogP contribution in [0.2, 0.25) is 0 Å². The number of hydrogen-bond acceptors (Lipinski definition) is 4. The molecule has 1 aromatic carbocycles. The van der Waals surface area contributed by atoms with E-state index in [4.69, 9.17) is 0 Å². The summed E-state index contributed by atoms with van der Waals surface area (Å²) in [4.78, 5) is 3.92. The molecule has 19 heavy (non-hydrogen) atoms. The van der Waals surface area contributed by atoms with E-state index in [2.05, 4.69) is 19.8 Å². The lowest BCUT2D eigenvalue weighted by molar-refractivity contribution is -0.286. The van der Waals surface area contributed by atoms with Crippen LogP contribution in [0.1, 0.15) is 5.56 Å². The molecule has 98 valence electrons. The first-order chi connectivity index (χ1) is 9.12. The zero-order valence-corrected chi connectivity index (χ0v) is 9.77. The predicted molar refractivity (Wildman–Crippen MR) is 64.2 cm³/mol. The van der Waals surface area contributed by atoms with E-state index in [9.17, 15) is 8.78 Å². The third kappa shape index (κ3) is 2.57. The molecule has 0 amide bonds. The molecule has 1 N–H and O–H groups in total. The van der Waals surface area contributed by atoms with Gasteiger partial charge in [0, 0.05) is 30.7 Å². The Morgan fingerprint density at radius 2 is 1.79 bits per heavy atom. The lowest BCUT2D eigenvalue weighted by Gasteiger charge is -2.06. The lowest BCUT2D eigenvalue weighted by atomic mass is 10.2. The molecule has 0 aliphatic carbocycles. The Morgan fingerprint density at radius 3 is 2.58 bits per heavy atom. The summed E-state index contributed by atoms with van der Waals surface area (Å²) in [5.74, 6) is 0.0733. The Hall–Kier alpha value is -2.37. The van der Waals surface area contributed by atoms with Crippen molar-refractivity contribution in [3.63, 3.8) is 0 Å². The average molecular weight is 264 g/mol. The smallest absolute Gasteiger partial charge is 0.395 e. The SMILES string of the molecule is FC1(F)Oc2ccc(NCc3ccncc3)cc2O1. The molecule has 0 bridgehead atoms. The summed E-state index contributed by atoms with van der Waals surface area (Å²) in [6, 6.07) is 8.33. The summed E-state index contributed by atoms with van der Waals surface area (Å²) < 4.78 is 34.4. The highest BCUT2D eigenvalue weighted by atomic mass is 19.3. The third-order valence-electron chi connectivity index (χ3n) is 2.65. The molecule has 0 atom stereocenters. The number of hydrogen-bond donors (Lipinski definition) is 1. The molecule has 0 radical (unpaired) electrons. The van der Waals surface area contributed by atoms with Crippen molar-refractivity contribution in [2.24, 2.45) is 0 Å². The molecule has 6 heteroatoms. The second kappa shape index (κ2) is 4.38. The number of anilines is 1. The van der Waals surface area contributed by atoms with Crippen molar-refractivity contribution in [2.75, 3.05) is 5.32 Å². The Bertz CT molecular complexity index is 590. The second-order valence-corrected chi connectivity index (χ2v) is 4.04. The van der Waals surface area contributed by atoms with Gasteiger partial charge >= 0.3 is 6.29 Å². The molecule has 0 saturated carbocycles. The van der Waals surface area contributed by atoms with Crippen molar-refractivity contribution in [3.05, 3.63) is 48.3 Å². The highest BCUT2D eigenvalue weighted by molar-refractivity contribution is 5.56. The van der Waals surface area contributed by atoms with E-state index in [1.165, 1.54) is 12.1 Å². The van der Waals surface area contributed by atoms with Crippen molar-refractivity contribution in [3.8, 4) is 11.5 Å². The van der Waals surface area contributed by atoms with Gasteiger partial charge in [0.15, 0.2) is 11.5 Å². The van der Waals surface area contributed by atoms with Gasteiger partial charge in [0.2, 0.25) is 0 Å². The van der Waals surface area contributed by atoms with Gasteiger partial charge in [0.25, 0.3) is 0 Å². The van der Waals surface area contributed by atoms with Crippen LogP contribution in [0.5, 0.6) is 11.5 Å². The Morgan fingerprint density at radius 1 is 1.05 bits per heavy atom. The molecule has 4 nitrogen and oxygen atoms in total. The van der Waals surface area contributed by atoms with Gasteiger partial charge in [0.1, 0.15) is 0 Å². The molecule has 1 aliphatic heterocycles. The first-order valence-corrected chi connectivity index (χ1v) is 5.65. The Labute approximate surface area is 108 Å². The largest absolute Gasteiger partial charge is 0.586 e. The zero-order valence-electron chi connectivity index (χ0n) is 9.77. The van der Waals surface area contributed by atoms with Crippen LogP contribution >= 0.6 is 0 Å². The van der Waals surface area contributed by atoms with E-state index in [-0.39, 0.29) is 11.5 Å². The predicted octanol–water partition coefficient (Wildman–Crippen LogP) is 3.02. The number of aromatic nitrogens is 1. The van der Waals surface area contributed by atoms with E-state index >= 15 is 0 Å². The Balaban J connectivity index is 1.71. The van der Waals surface area contributed by atoms with E-state index in [1.54, 1.807) is 18.5 Å². The molecular formula is C13H10F2N2O2. The van der Waals surface area contributed by atoms with Crippen molar-refractivity contribution in [1.29, 1.82) is 0 Å². The number of fused-ring (bicyclic) bond motifs is 1. The normalized spacial score (nSPS) is 15.3. The molecule has 3 rings (SSSR count). The first kappa shape index (κ1) is 11.7. The van der Waals surface area contributed by atoms with E-state index < -0.39 is 6.29 Å². The summed E-state index contributed by atoms with van der Waals surface area (Å²) >= 11 is 0. The molecule has 2 aromatic rings. The van der Waals surface area contributed by atoms with Crippen LogP contribution in [0.15, 0.2) is 42.7 Å². The van der Waals surface area contributed by atoms with E-state index in [0.29, 0.717) is 12.2 Å². The second-order valence-electron chi connectivity index (χ2n) is 4.04.